The van der Waals surface area contributed by atoms with Crippen molar-refractivity contribution < 1.29 is 60.0 Å². The number of nitrogens with zero attached hydrogens (tertiary/aromatic N) is 7. The molecule has 0 radical (unpaired) electrons. The number of phenolic OH excluding ortho intramolecular Hbond substituents is 1. The Morgan fingerprint density at radius 2 is 1.24 bits per heavy atom. The van der Waals surface area contributed by atoms with Crippen LogP contribution in [0.4, 0.5) is 38.2 Å². The van der Waals surface area contributed by atoms with E-state index in [1.165, 1.54) is 4.90 Å². The molecule has 0 aliphatic carbocycles. The maximum atomic E-state index is 13.1. The fraction of sp³-hybridized carbons (Fsp3) is 0.340. The Kier molecular flexibility index (Phi) is 14.6. The number of hydrogen-bond acceptors (Lipinski definition) is 13. The highest BCUT2D eigenvalue weighted by atomic mass is 19.4. The number of aryl methyl sites for hydroxylation is 1. The topological polar surface area (TPSA) is 177 Å². The molecule has 2 aliphatic heterocycles. The minimum Gasteiger partial charge on any atom is -0.508 e. The number of carbonyl (C=O) groups excluding carboxylic acids is 1. The van der Waals surface area contributed by atoms with Gasteiger partial charge in [-0.25, -0.2) is 24.9 Å². The predicted octanol–water partition coefficient (Wildman–Crippen LogP) is 8.48. The van der Waals surface area contributed by atoms with Crippen molar-refractivity contribution in [2.75, 3.05) is 42.6 Å². The number of benzene rings is 3. The molecule has 67 heavy (non-hydrogen) atoms. The van der Waals surface area contributed by atoms with E-state index in [0.29, 0.717) is 42.5 Å². The van der Waals surface area contributed by atoms with Crippen molar-refractivity contribution in [1.29, 1.82) is 0 Å². The third-order valence-corrected chi connectivity index (χ3v) is 11.4. The minimum absolute atomic E-state index is 0.0323. The Labute approximate surface area is 380 Å². The van der Waals surface area contributed by atoms with Gasteiger partial charge in [-0.15, -0.1) is 0 Å². The summed E-state index contributed by atoms with van der Waals surface area (Å²) in [5.74, 6) is -1.43. The van der Waals surface area contributed by atoms with Gasteiger partial charge in [-0.2, -0.15) is 26.3 Å². The first-order valence-electron chi connectivity index (χ1n) is 21.2. The highest BCUT2D eigenvalue weighted by molar-refractivity contribution is 5.75. The molecule has 3 aromatic heterocycles. The second kappa shape index (κ2) is 20.5. The average molecular weight is 934 g/mol. The summed E-state index contributed by atoms with van der Waals surface area (Å²) in [6, 6.07) is 25.1. The van der Waals surface area contributed by atoms with E-state index in [2.05, 4.69) is 24.9 Å². The number of aromatic hydroxyl groups is 1. The number of esters is 1. The summed E-state index contributed by atoms with van der Waals surface area (Å²) < 4.78 is 94.9. The van der Waals surface area contributed by atoms with Crippen LogP contribution in [0.3, 0.4) is 0 Å². The molecule has 6 aromatic rings. The van der Waals surface area contributed by atoms with Crippen LogP contribution >= 0.6 is 0 Å². The molecule has 0 saturated carbocycles. The molecule has 20 heteroatoms. The van der Waals surface area contributed by atoms with Crippen molar-refractivity contribution in [3.05, 3.63) is 137 Å². The van der Waals surface area contributed by atoms with Crippen LogP contribution in [0.1, 0.15) is 40.9 Å². The molecule has 0 amide bonds. The number of rotatable bonds is 13. The van der Waals surface area contributed by atoms with Gasteiger partial charge in [-0.1, -0.05) is 42.5 Å². The van der Waals surface area contributed by atoms with Gasteiger partial charge < -0.3 is 33.9 Å². The van der Waals surface area contributed by atoms with Gasteiger partial charge in [0.05, 0.1) is 18.4 Å². The van der Waals surface area contributed by atoms with E-state index in [1.807, 2.05) is 49.4 Å². The van der Waals surface area contributed by atoms with Crippen LogP contribution in [-0.2, 0) is 46.1 Å². The minimum atomic E-state index is -4.61. The third-order valence-electron chi connectivity index (χ3n) is 11.4. The molecule has 0 bridgehead atoms. The van der Waals surface area contributed by atoms with Gasteiger partial charge in [0, 0.05) is 44.1 Å². The van der Waals surface area contributed by atoms with E-state index in [-0.39, 0.29) is 68.3 Å². The van der Waals surface area contributed by atoms with E-state index < -0.39 is 41.5 Å². The molecule has 2 N–H and O–H groups in total. The van der Waals surface area contributed by atoms with E-state index in [0.717, 1.165) is 41.2 Å². The standard InChI is InChI=1S/C28H25F3N4O4.C19H20F3N3O3/c1-17-23(33-25(39-17)19-5-3-2-4-6-19)16-38-21-9-7-18(8-10-21)13-20-14-35(15-22(20)26(36)37)27-32-12-11-24(34-27)28(29,30)31;1-2-28-17(27)15-11-25(18-23-8-7-16(24-18)19(20,21)22)10-13(15)9-12-3-5-14(26)6-4-12/h2-12,20,22H,13-16H2,1H3,(H,36,37);3-8,13,15,26H,2,9-11H2,1H3/t20-,22+;13-,15+/m11/s1. The molecule has 2 saturated heterocycles. The maximum absolute atomic E-state index is 13.1. The Hall–Kier alpha value is -7.25. The summed E-state index contributed by atoms with van der Waals surface area (Å²) in [4.78, 5) is 47.1. The number of aromatic nitrogens is 5. The summed E-state index contributed by atoms with van der Waals surface area (Å²) in [5, 5.41) is 19.2. The van der Waals surface area contributed by atoms with Crippen LogP contribution in [0, 0.1) is 30.6 Å². The van der Waals surface area contributed by atoms with Crippen molar-refractivity contribution in [3.8, 4) is 23.0 Å². The largest absolute Gasteiger partial charge is 0.508 e. The number of aliphatic carboxylic acids is 1. The number of phenols is 1. The smallest absolute Gasteiger partial charge is 0.433 e. The molecule has 5 heterocycles. The summed E-state index contributed by atoms with van der Waals surface area (Å²) in [7, 11) is 0. The summed E-state index contributed by atoms with van der Waals surface area (Å²) in [6.07, 6.45) is -6.13. The van der Waals surface area contributed by atoms with E-state index in [9.17, 15) is 46.1 Å². The third kappa shape index (κ3) is 12.2. The van der Waals surface area contributed by atoms with Crippen molar-refractivity contribution in [2.24, 2.45) is 23.7 Å². The van der Waals surface area contributed by atoms with Gasteiger partial charge in [0.1, 0.15) is 40.9 Å². The van der Waals surface area contributed by atoms with Gasteiger partial charge in [-0.05, 0) is 98.2 Å². The normalized spacial score (nSPS) is 18.3. The molecule has 0 spiro atoms. The number of carbonyl (C=O) groups is 2. The number of anilines is 2. The Balaban J connectivity index is 0.000000210. The van der Waals surface area contributed by atoms with Crippen LogP contribution in [-0.4, -0.2) is 79.9 Å². The Bertz CT molecular complexity index is 2610. The van der Waals surface area contributed by atoms with Crippen molar-refractivity contribution in [1.82, 2.24) is 24.9 Å². The number of carboxylic acids is 1. The highest BCUT2D eigenvalue weighted by Gasteiger charge is 2.42. The lowest BCUT2D eigenvalue weighted by Gasteiger charge is -2.17. The Morgan fingerprint density at radius 1 is 0.716 bits per heavy atom. The second-order valence-corrected chi connectivity index (χ2v) is 16.0. The molecular formula is C47H45F6N7O7. The van der Waals surface area contributed by atoms with Crippen molar-refractivity contribution in [2.45, 2.75) is 45.6 Å². The molecule has 14 nitrogen and oxygen atoms in total. The maximum Gasteiger partial charge on any atom is 0.433 e. The van der Waals surface area contributed by atoms with Crippen LogP contribution in [0.15, 0.2) is 108 Å². The van der Waals surface area contributed by atoms with Crippen LogP contribution < -0.4 is 14.5 Å². The van der Waals surface area contributed by atoms with Gasteiger partial charge >= 0.3 is 24.3 Å². The van der Waals surface area contributed by atoms with Crippen LogP contribution in [0.2, 0.25) is 0 Å². The predicted molar refractivity (Wildman–Crippen MR) is 230 cm³/mol. The molecule has 2 aliphatic rings. The number of ether oxygens (including phenoxy) is 2. The van der Waals surface area contributed by atoms with Gasteiger partial charge in [0.15, 0.2) is 0 Å². The van der Waals surface area contributed by atoms with E-state index >= 15 is 0 Å². The van der Waals surface area contributed by atoms with Gasteiger partial charge in [-0.3, -0.25) is 9.59 Å². The fourth-order valence-corrected chi connectivity index (χ4v) is 7.97. The first kappa shape index (κ1) is 47.7. The number of alkyl halides is 6. The second-order valence-electron chi connectivity index (χ2n) is 16.0. The van der Waals surface area contributed by atoms with Crippen molar-refractivity contribution >= 4 is 23.8 Å². The molecule has 4 atom stereocenters. The highest BCUT2D eigenvalue weighted by Crippen LogP contribution is 2.35. The van der Waals surface area contributed by atoms with E-state index in [4.69, 9.17) is 13.9 Å². The number of carboxylic acid groups (broad SMARTS) is 1. The first-order valence-corrected chi connectivity index (χ1v) is 21.2. The Morgan fingerprint density at radius 3 is 1.76 bits per heavy atom. The molecule has 352 valence electrons. The number of halogens is 6. The molecule has 2 fully saturated rings. The van der Waals surface area contributed by atoms with Gasteiger partial charge in [0.2, 0.25) is 17.8 Å². The summed E-state index contributed by atoms with van der Waals surface area (Å²) in [6.45, 7) is 4.74. The molecular weight excluding hydrogens is 889 g/mol. The molecule has 0 unspecified atom stereocenters. The number of hydrogen-bond donors (Lipinski definition) is 2. The lowest BCUT2D eigenvalue weighted by Crippen LogP contribution is -2.27. The quantitative estimate of drug-likeness (QED) is 0.0833. The SMILES string of the molecule is CCOC(=O)[C@H]1CN(c2nccc(C(F)(F)F)n2)C[C@H]1Cc1ccc(O)cc1.Cc1oc(-c2ccccc2)nc1COc1ccc(C[C@@H]2CN(c3nccc(C(F)(F)F)n3)C[C@@H]2C(=O)O)cc1. The molecule has 3 aromatic carbocycles. The van der Waals surface area contributed by atoms with Crippen LogP contribution in [0.25, 0.3) is 11.5 Å². The van der Waals surface area contributed by atoms with Crippen LogP contribution in [0.5, 0.6) is 11.5 Å². The van der Waals surface area contributed by atoms with Crippen molar-refractivity contribution in [3.63, 3.8) is 0 Å². The number of oxazole rings is 1. The van der Waals surface area contributed by atoms with E-state index in [1.54, 1.807) is 48.2 Å². The monoisotopic (exact) mass is 933 g/mol. The molecule has 8 rings (SSSR count). The zero-order valence-electron chi connectivity index (χ0n) is 36.1. The first-order chi connectivity index (χ1) is 31.9. The summed E-state index contributed by atoms with van der Waals surface area (Å²) in [5.41, 5.74) is 1.27. The lowest BCUT2D eigenvalue weighted by molar-refractivity contribution is -0.148. The zero-order valence-corrected chi connectivity index (χ0v) is 36.1. The average Bonchev–Trinajstić information content (AvgIpc) is 4.04. The lowest BCUT2D eigenvalue weighted by atomic mass is 9.90. The zero-order chi connectivity index (χ0) is 47.9. The summed E-state index contributed by atoms with van der Waals surface area (Å²) >= 11 is 0. The fourth-order valence-electron chi connectivity index (χ4n) is 7.97. The van der Waals surface area contributed by atoms with Gasteiger partial charge in [0.25, 0.3) is 0 Å².